The van der Waals surface area contributed by atoms with Crippen LogP contribution < -0.4 is 0 Å². The quantitative estimate of drug-likeness (QED) is 0.753. The first-order valence-electron chi connectivity index (χ1n) is 6.21. The normalized spacial score (nSPS) is 29.7. The fourth-order valence-corrected chi connectivity index (χ4v) is 3.53. The molecule has 0 aromatic heterocycles. The predicted molar refractivity (Wildman–Crippen MR) is 60.2 cm³/mol. The average molecular weight is 227 g/mol. The first-order valence-corrected chi connectivity index (χ1v) is 6.21. The van der Waals surface area contributed by atoms with Gasteiger partial charge in [-0.1, -0.05) is 19.3 Å². The van der Waals surface area contributed by atoms with Crippen LogP contribution in [0.25, 0.3) is 0 Å². The van der Waals surface area contributed by atoms with Crippen LogP contribution in [-0.2, 0) is 4.79 Å². The van der Waals surface area contributed by atoms with Gasteiger partial charge in [0.15, 0.2) is 0 Å². The molecule has 0 unspecified atom stereocenters. The average Bonchev–Trinajstić information content (AvgIpc) is 2.56. The van der Waals surface area contributed by atoms with Crippen LogP contribution in [0.5, 0.6) is 0 Å². The Labute approximate surface area is 96.3 Å². The third kappa shape index (κ3) is 2.23. The molecule has 4 heteroatoms. The van der Waals surface area contributed by atoms with Gasteiger partial charge in [-0.15, -0.1) is 0 Å². The highest BCUT2D eigenvalue weighted by molar-refractivity contribution is 5.69. The van der Waals surface area contributed by atoms with E-state index in [4.69, 9.17) is 5.11 Å². The predicted octanol–water partition coefficient (Wildman–Crippen LogP) is 0.946. The fraction of sp³-hybridized carbons (Fsp3) is 0.917. The van der Waals surface area contributed by atoms with Gasteiger partial charge in [0.05, 0.1) is 6.54 Å². The highest BCUT2D eigenvalue weighted by Gasteiger charge is 2.46. The van der Waals surface area contributed by atoms with Gasteiger partial charge in [0.1, 0.15) is 0 Å². The van der Waals surface area contributed by atoms with Crippen LogP contribution in [-0.4, -0.2) is 47.3 Å². The molecule has 0 amide bonds. The molecule has 2 aliphatic rings. The van der Waals surface area contributed by atoms with Gasteiger partial charge in [-0.25, -0.2) is 0 Å². The number of hydrogen-bond donors (Lipinski definition) is 2. The molecular weight excluding hydrogens is 206 g/mol. The number of carbonyl (C=O) groups is 1. The van der Waals surface area contributed by atoms with Crippen molar-refractivity contribution in [3.8, 4) is 0 Å². The molecule has 92 valence electrons. The summed E-state index contributed by atoms with van der Waals surface area (Å²) < 4.78 is 0. The molecule has 1 aliphatic heterocycles. The maximum absolute atomic E-state index is 10.7. The Bertz CT molecular complexity index is 261. The van der Waals surface area contributed by atoms with Gasteiger partial charge >= 0.3 is 5.97 Å². The Hall–Kier alpha value is -0.610. The SMILES string of the molecule is O=C(O)CN1C[C@H](CO)C2(CCCCC2)C1. The van der Waals surface area contributed by atoms with E-state index in [0.717, 1.165) is 25.9 Å². The van der Waals surface area contributed by atoms with E-state index in [0.29, 0.717) is 0 Å². The fourth-order valence-electron chi connectivity index (χ4n) is 3.53. The van der Waals surface area contributed by atoms with Crippen molar-refractivity contribution in [1.29, 1.82) is 0 Å². The van der Waals surface area contributed by atoms with E-state index in [9.17, 15) is 9.90 Å². The number of rotatable bonds is 3. The monoisotopic (exact) mass is 227 g/mol. The Balaban J connectivity index is 2.03. The molecule has 1 saturated carbocycles. The van der Waals surface area contributed by atoms with E-state index in [2.05, 4.69) is 0 Å². The first kappa shape index (κ1) is 11.9. The Kier molecular flexibility index (Phi) is 3.50. The number of carboxylic acids is 1. The smallest absolute Gasteiger partial charge is 0.317 e. The summed E-state index contributed by atoms with van der Waals surface area (Å²) in [4.78, 5) is 12.7. The topological polar surface area (TPSA) is 60.8 Å². The number of likely N-dealkylation sites (tertiary alicyclic amines) is 1. The standard InChI is InChI=1S/C12H21NO3/c14-8-10-6-13(7-11(15)16)9-12(10)4-2-1-3-5-12/h10,14H,1-9H2,(H,15,16)/t10-/m1/s1. The molecule has 0 bridgehead atoms. The lowest BCUT2D eigenvalue weighted by atomic mass is 9.68. The molecule has 1 spiro atoms. The summed E-state index contributed by atoms with van der Waals surface area (Å²) in [6.07, 6.45) is 6.08. The van der Waals surface area contributed by atoms with Crippen LogP contribution >= 0.6 is 0 Å². The molecule has 0 aromatic carbocycles. The van der Waals surface area contributed by atoms with E-state index in [1.807, 2.05) is 4.90 Å². The number of carboxylic acid groups (broad SMARTS) is 1. The van der Waals surface area contributed by atoms with E-state index in [1.54, 1.807) is 0 Å². The van der Waals surface area contributed by atoms with E-state index >= 15 is 0 Å². The Morgan fingerprint density at radius 3 is 2.56 bits per heavy atom. The maximum Gasteiger partial charge on any atom is 0.317 e. The third-order valence-corrected chi connectivity index (χ3v) is 4.31. The molecule has 1 aliphatic carbocycles. The zero-order valence-electron chi connectivity index (χ0n) is 9.69. The zero-order valence-corrected chi connectivity index (χ0v) is 9.69. The van der Waals surface area contributed by atoms with Crippen molar-refractivity contribution < 1.29 is 15.0 Å². The van der Waals surface area contributed by atoms with E-state index in [-0.39, 0.29) is 24.5 Å². The zero-order chi connectivity index (χ0) is 11.6. The number of aliphatic hydroxyl groups is 1. The van der Waals surface area contributed by atoms with Gasteiger partial charge in [-0.2, -0.15) is 0 Å². The van der Waals surface area contributed by atoms with Gasteiger partial charge in [0, 0.05) is 25.6 Å². The minimum atomic E-state index is -0.760. The molecule has 2 rings (SSSR count). The van der Waals surface area contributed by atoms with Crippen molar-refractivity contribution in [3.63, 3.8) is 0 Å². The molecule has 2 N–H and O–H groups in total. The molecule has 1 atom stereocenters. The molecule has 1 heterocycles. The van der Waals surface area contributed by atoms with Crippen molar-refractivity contribution in [3.05, 3.63) is 0 Å². The third-order valence-electron chi connectivity index (χ3n) is 4.31. The van der Waals surface area contributed by atoms with Gasteiger partial charge in [0.2, 0.25) is 0 Å². The summed E-state index contributed by atoms with van der Waals surface area (Å²) in [5.41, 5.74) is 0.211. The summed E-state index contributed by atoms with van der Waals surface area (Å²) in [6.45, 7) is 1.95. The lowest BCUT2D eigenvalue weighted by Gasteiger charge is -2.37. The second-order valence-electron chi connectivity index (χ2n) is 5.37. The summed E-state index contributed by atoms with van der Waals surface area (Å²) >= 11 is 0. The number of aliphatic hydroxyl groups excluding tert-OH is 1. The molecule has 4 nitrogen and oxygen atoms in total. The number of aliphatic carboxylic acids is 1. The first-order chi connectivity index (χ1) is 7.66. The summed E-state index contributed by atoms with van der Waals surface area (Å²) in [5, 5.41) is 18.3. The molecule has 1 saturated heterocycles. The van der Waals surface area contributed by atoms with Crippen molar-refractivity contribution in [2.75, 3.05) is 26.2 Å². The summed E-state index contributed by atoms with van der Waals surface area (Å²) in [6, 6.07) is 0. The summed E-state index contributed by atoms with van der Waals surface area (Å²) in [5.74, 6) is -0.475. The second kappa shape index (κ2) is 4.72. The van der Waals surface area contributed by atoms with Crippen molar-refractivity contribution in [2.24, 2.45) is 11.3 Å². The van der Waals surface area contributed by atoms with Crippen LogP contribution in [0, 0.1) is 11.3 Å². The molecule has 16 heavy (non-hydrogen) atoms. The molecule has 2 fully saturated rings. The van der Waals surface area contributed by atoms with Crippen molar-refractivity contribution >= 4 is 5.97 Å². The van der Waals surface area contributed by atoms with Crippen LogP contribution in [0.3, 0.4) is 0 Å². The largest absolute Gasteiger partial charge is 0.480 e. The molecule has 0 aromatic rings. The Morgan fingerprint density at radius 2 is 2.00 bits per heavy atom. The van der Waals surface area contributed by atoms with Gasteiger partial charge in [-0.05, 0) is 18.3 Å². The highest BCUT2D eigenvalue weighted by Crippen LogP contribution is 2.47. The highest BCUT2D eigenvalue weighted by atomic mass is 16.4. The van der Waals surface area contributed by atoms with Crippen LogP contribution in [0.4, 0.5) is 0 Å². The lowest BCUT2D eigenvalue weighted by molar-refractivity contribution is -0.138. The number of nitrogens with zero attached hydrogens (tertiary/aromatic N) is 1. The van der Waals surface area contributed by atoms with Crippen LogP contribution in [0.1, 0.15) is 32.1 Å². The maximum atomic E-state index is 10.7. The second-order valence-corrected chi connectivity index (χ2v) is 5.37. The van der Waals surface area contributed by atoms with Gasteiger partial charge in [-0.3, -0.25) is 9.69 Å². The molecule has 0 radical (unpaired) electrons. The Morgan fingerprint density at radius 1 is 1.31 bits per heavy atom. The number of hydrogen-bond acceptors (Lipinski definition) is 3. The van der Waals surface area contributed by atoms with Gasteiger partial charge in [0.25, 0.3) is 0 Å². The lowest BCUT2D eigenvalue weighted by Crippen LogP contribution is -2.35. The van der Waals surface area contributed by atoms with E-state index in [1.165, 1.54) is 19.3 Å². The molecular formula is C12H21NO3. The van der Waals surface area contributed by atoms with Crippen LogP contribution in [0.15, 0.2) is 0 Å². The summed E-state index contributed by atoms with van der Waals surface area (Å²) in [7, 11) is 0. The van der Waals surface area contributed by atoms with Crippen molar-refractivity contribution in [1.82, 2.24) is 4.90 Å². The minimum absolute atomic E-state index is 0.123. The minimum Gasteiger partial charge on any atom is -0.480 e. The van der Waals surface area contributed by atoms with E-state index < -0.39 is 5.97 Å². The van der Waals surface area contributed by atoms with Crippen molar-refractivity contribution in [2.45, 2.75) is 32.1 Å². The van der Waals surface area contributed by atoms with Crippen LogP contribution in [0.2, 0.25) is 0 Å². The van der Waals surface area contributed by atoms with Gasteiger partial charge < -0.3 is 10.2 Å².